The third-order valence-corrected chi connectivity index (χ3v) is 11.9. The lowest BCUT2D eigenvalue weighted by Crippen LogP contribution is -2.60. The van der Waals surface area contributed by atoms with E-state index in [1.807, 2.05) is 6.08 Å². The van der Waals surface area contributed by atoms with Crippen LogP contribution in [0, 0.1) is 23.6 Å². The monoisotopic (exact) mass is 688 g/mol. The molecule has 0 aromatic heterocycles. The summed E-state index contributed by atoms with van der Waals surface area (Å²) in [6, 6.07) is 21.5. The first-order chi connectivity index (χ1) is 22.5. The number of aromatic hydroxyl groups is 1. The van der Waals surface area contributed by atoms with Crippen LogP contribution < -0.4 is 9.80 Å². The number of benzene rings is 4. The number of allylic oxidation sites excluding steroid dienone is 2. The lowest BCUT2D eigenvalue weighted by molar-refractivity contribution is -0.125. The second-order valence-corrected chi connectivity index (χ2v) is 14.1. The highest BCUT2D eigenvalue weighted by Crippen LogP contribution is 2.66. The maximum Gasteiger partial charge on any atom is 0.258 e. The number of nitrogens with zero attached hydrogens (tertiary/aromatic N) is 2. The fourth-order valence-electron chi connectivity index (χ4n) is 8.15. The largest absolute Gasteiger partial charge is 0.507 e. The Morgan fingerprint density at radius 3 is 2.09 bits per heavy atom. The molecule has 1 saturated carbocycles. The van der Waals surface area contributed by atoms with Crippen LogP contribution in [-0.4, -0.2) is 38.5 Å². The molecule has 0 spiro atoms. The van der Waals surface area contributed by atoms with E-state index in [4.69, 9.17) is 34.8 Å². The number of hydrogen-bond donors (Lipinski definition) is 1. The van der Waals surface area contributed by atoms with Gasteiger partial charge in [0, 0.05) is 16.3 Å². The Hall–Kier alpha value is -4.24. The van der Waals surface area contributed by atoms with Crippen LogP contribution in [0.4, 0.5) is 15.8 Å². The van der Waals surface area contributed by atoms with E-state index < -0.39 is 57.0 Å². The summed E-state index contributed by atoms with van der Waals surface area (Å²) in [4.78, 5) is 55.0. The number of fused-ring (bicyclic) bond motifs is 5. The van der Waals surface area contributed by atoms with Crippen molar-refractivity contribution in [1.29, 1.82) is 0 Å². The van der Waals surface area contributed by atoms with Crippen molar-refractivity contribution in [3.05, 3.63) is 113 Å². The van der Waals surface area contributed by atoms with E-state index in [2.05, 4.69) is 0 Å². The predicted octanol–water partition coefficient (Wildman–Crippen LogP) is 7.11. The second-order valence-electron chi connectivity index (χ2n) is 12.5. The first-order valence-electron chi connectivity index (χ1n) is 15.0. The molecule has 1 N–H and O–H groups in total. The van der Waals surface area contributed by atoms with Gasteiger partial charge < -0.3 is 5.11 Å². The number of rotatable bonds is 3. The summed E-state index contributed by atoms with van der Waals surface area (Å²) < 4.78 is 13.9. The topological polar surface area (TPSA) is 95.0 Å². The average molecular weight is 690 g/mol. The highest BCUT2D eigenvalue weighted by molar-refractivity contribution is 6.58. The van der Waals surface area contributed by atoms with Gasteiger partial charge in [0.1, 0.15) is 11.6 Å². The molecule has 11 heteroatoms. The normalized spacial score (nSPS) is 30.0. The summed E-state index contributed by atoms with van der Waals surface area (Å²) in [7, 11) is 0. The average Bonchev–Trinajstić information content (AvgIpc) is 3.40. The Morgan fingerprint density at radius 2 is 1.38 bits per heavy atom. The number of phenols is 1. The smallest absolute Gasteiger partial charge is 0.258 e. The minimum atomic E-state index is -2.09. The van der Waals surface area contributed by atoms with E-state index in [9.17, 15) is 28.7 Å². The molecule has 236 valence electrons. The van der Waals surface area contributed by atoms with Gasteiger partial charge in [-0.3, -0.25) is 24.1 Å². The van der Waals surface area contributed by atoms with Gasteiger partial charge in [0.05, 0.1) is 23.2 Å². The van der Waals surface area contributed by atoms with Gasteiger partial charge in [-0.2, -0.15) is 0 Å². The minimum Gasteiger partial charge on any atom is -0.507 e. The van der Waals surface area contributed by atoms with Gasteiger partial charge >= 0.3 is 0 Å². The van der Waals surface area contributed by atoms with Gasteiger partial charge in [-0.25, -0.2) is 9.29 Å². The fraction of sp³-hybridized carbons (Fsp3) is 0.222. The first kappa shape index (κ1) is 30.1. The van der Waals surface area contributed by atoms with Crippen molar-refractivity contribution in [2.24, 2.45) is 17.8 Å². The van der Waals surface area contributed by atoms with Crippen LogP contribution in [0.1, 0.15) is 24.3 Å². The summed E-state index contributed by atoms with van der Waals surface area (Å²) in [5, 5.41) is 12.3. The zero-order valence-electron chi connectivity index (χ0n) is 24.4. The summed E-state index contributed by atoms with van der Waals surface area (Å²) in [6.07, 6.45) is 1.85. The maximum atomic E-state index is 14.6. The van der Waals surface area contributed by atoms with Gasteiger partial charge in [0.2, 0.25) is 11.8 Å². The minimum absolute atomic E-state index is 0.00657. The van der Waals surface area contributed by atoms with Crippen molar-refractivity contribution in [3.63, 3.8) is 0 Å². The Balaban J connectivity index is 1.34. The van der Waals surface area contributed by atoms with E-state index in [1.54, 1.807) is 54.6 Å². The van der Waals surface area contributed by atoms with Gasteiger partial charge in [-0.05, 0) is 84.3 Å². The molecule has 8 rings (SSSR count). The predicted molar refractivity (Wildman–Crippen MR) is 176 cm³/mol. The quantitative estimate of drug-likeness (QED) is 0.141. The van der Waals surface area contributed by atoms with E-state index in [-0.39, 0.29) is 30.2 Å². The number of halogens is 4. The van der Waals surface area contributed by atoms with E-state index in [1.165, 1.54) is 18.2 Å². The third-order valence-electron chi connectivity index (χ3n) is 10.2. The van der Waals surface area contributed by atoms with Gasteiger partial charge in [-0.15, -0.1) is 23.2 Å². The van der Waals surface area contributed by atoms with Crippen LogP contribution in [0.5, 0.6) is 5.75 Å². The zero-order chi connectivity index (χ0) is 33.0. The molecule has 2 heterocycles. The molecule has 3 fully saturated rings. The van der Waals surface area contributed by atoms with Crippen LogP contribution in [-0.2, 0) is 19.2 Å². The Bertz CT molecular complexity index is 2090. The molecule has 4 aromatic carbocycles. The number of amides is 4. The summed E-state index contributed by atoms with van der Waals surface area (Å²) in [5.74, 6) is -6.35. The number of imide groups is 2. The SMILES string of the molecule is O=C1[C@H]2[C@H](CC=C3[C@H]2C[C@@]2(Cl)C(=O)N(c4ccc(F)cc4)C(=O)[C@@]2(Cl)[C@H]3c2ccc(O)c3ccccc23)C(=O)N1c1ccc(Cl)cc1. The Labute approximate surface area is 283 Å². The molecule has 4 aromatic rings. The molecule has 47 heavy (non-hydrogen) atoms. The maximum absolute atomic E-state index is 14.6. The molecule has 7 nitrogen and oxygen atoms in total. The number of phenolic OH excluding ortho intramolecular Hbond substituents is 1. The van der Waals surface area contributed by atoms with E-state index >= 15 is 0 Å². The second kappa shape index (κ2) is 10.4. The zero-order valence-corrected chi connectivity index (χ0v) is 26.6. The van der Waals surface area contributed by atoms with Gasteiger partial charge in [0.25, 0.3) is 11.8 Å². The van der Waals surface area contributed by atoms with Crippen LogP contribution in [0.2, 0.25) is 5.02 Å². The fourth-order valence-corrected chi connectivity index (χ4v) is 9.20. The molecule has 2 saturated heterocycles. The number of hydrogen-bond acceptors (Lipinski definition) is 5. The number of carbonyl (C=O) groups excluding carboxylic acids is 4. The molecule has 0 bridgehead atoms. The van der Waals surface area contributed by atoms with Crippen molar-refractivity contribution in [1.82, 2.24) is 0 Å². The van der Waals surface area contributed by atoms with Crippen LogP contribution in [0.25, 0.3) is 10.8 Å². The molecule has 0 unspecified atom stereocenters. The van der Waals surface area contributed by atoms with Crippen molar-refractivity contribution < 1.29 is 28.7 Å². The molecule has 2 aliphatic heterocycles. The van der Waals surface area contributed by atoms with E-state index in [0.29, 0.717) is 32.6 Å². The highest BCUT2D eigenvalue weighted by atomic mass is 35.5. The first-order valence-corrected chi connectivity index (χ1v) is 16.2. The van der Waals surface area contributed by atoms with Crippen molar-refractivity contribution >= 4 is 80.6 Å². The van der Waals surface area contributed by atoms with Crippen LogP contribution in [0.3, 0.4) is 0 Å². The lowest BCUT2D eigenvalue weighted by Gasteiger charge is -2.51. The van der Waals surface area contributed by atoms with E-state index in [0.717, 1.165) is 21.9 Å². The summed E-state index contributed by atoms with van der Waals surface area (Å²) >= 11 is 21.0. The van der Waals surface area contributed by atoms with Gasteiger partial charge in [-0.1, -0.05) is 53.6 Å². The van der Waals surface area contributed by atoms with Gasteiger partial charge in [0.15, 0.2) is 9.75 Å². The summed E-state index contributed by atoms with van der Waals surface area (Å²) in [6.45, 7) is 0. The molecule has 2 aliphatic carbocycles. The lowest BCUT2D eigenvalue weighted by atomic mass is 9.56. The molecular formula is C36H24Cl3FN2O5. The van der Waals surface area contributed by atoms with Crippen molar-refractivity contribution in [3.8, 4) is 5.75 Å². The molecular weight excluding hydrogens is 666 g/mol. The number of alkyl halides is 2. The third kappa shape index (κ3) is 3.98. The summed E-state index contributed by atoms with van der Waals surface area (Å²) in [5.41, 5.74) is 1.62. The number of carbonyl (C=O) groups is 4. The number of anilines is 2. The molecule has 4 amide bonds. The van der Waals surface area contributed by atoms with Crippen molar-refractivity contribution in [2.45, 2.75) is 28.5 Å². The van der Waals surface area contributed by atoms with Crippen LogP contribution in [0.15, 0.2) is 96.6 Å². The van der Waals surface area contributed by atoms with Crippen LogP contribution >= 0.6 is 34.8 Å². The molecule has 6 atom stereocenters. The highest BCUT2D eigenvalue weighted by Gasteiger charge is 2.76. The Kier molecular flexibility index (Phi) is 6.65. The standard InChI is InChI=1S/C36H24Cl3FN2O5/c37-18-5-9-20(10-6-18)41-31(44)26-14-13-25-27(29(26)32(41)45)17-35(38)33(46)42(21-11-7-19(40)8-12-21)34(47)36(35,39)30(25)24-15-16-28(43)23-4-2-1-3-22(23)24/h1-13,15-16,26-27,29-30,43H,14,17H2/t26-,27+,29-,30-,35+,36-/m0/s1. The molecule has 4 aliphatic rings. The Morgan fingerprint density at radius 1 is 0.745 bits per heavy atom. The van der Waals surface area contributed by atoms with Crippen molar-refractivity contribution in [2.75, 3.05) is 9.80 Å². The molecule has 0 radical (unpaired) electrons.